The Balaban J connectivity index is 1.80. The predicted octanol–water partition coefficient (Wildman–Crippen LogP) is 1.48. The molecule has 2 aliphatic heterocycles. The van der Waals surface area contributed by atoms with Gasteiger partial charge in [0, 0.05) is 55.9 Å². The van der Waals surface area contributed by atoms with Gasteiger partial charge in [-0.25, -0.2) is 0 Å². The lowest BCUT2D eigenvalue weighted by atomic mass is 10.1. The second-order valence-corrected chi connectivity index (χ2v) is 5.67. The molecule has 1 aromatic heterocycles. The van der Waals surface area contributed by atoms with Crippen LogP contribution in [0, 0.1) is 0 Å². The van der Waals surface area contributed by atoms with Crippen molar-refractivity contribution in [3.05, 3.63) is 24.0 Å². The van der Waals surface area contributed by atoms with Crippen molar-refractivity contribution in [2.45, 2.75) is 31.8 Å². The third-order valence-corrected chi connectivity index (χ3v) is 4.39. The van der Waals surface area contributed by atoms with Crippen molar-refractivity contribution in [2.75, 3.05) is 38.1 Å². The summed E-state index contributed by atoms with van der Waals surface area (Å²) in [5.74, 6) is 0. The van der Waals surface area contributed by atoms with Crippen LogP contribution in [0.2, 0.25) is 0 Å². The molecule has 2 aliphatic rings. The molecule has 1 aromatic rings. The Morgan fingerprint density at radius 1 is 1.32 bits per heavy atom. The fraction of sp³-hybridized carbons (Fsp3) is 0.667. The second kappa shape index (κ2) is 5.88. The molecule has 19 heavy (non-hydrogen) atoms. The number of hydrogen-bond acceptors (Lipinski definition) is 4. The van der Waals surface area contributed by atoms with E-state index in [0.29, 0.717) is 0 Å². The molecule has 104 valence electrons. The van der Waals surface area contributed by atoms with E-state index in [-0.39, 0.29) is 0 Å². The van der Waals surface area contributed by atoms with Crippen molar-refractivity contribution in [1.29, 1.82) is 0 Å². The molecular formula is C15H24N4. The topological polar surface area (TPSA) is 31.4 Å². The molecule has 3 heterocycles. The summed E-state index contributed by atoms with van der Waals surface area (Å²) in [5, 5.41) is 3.25. The zero-order chi connectivity index (χ0) is 13.1. The molecular weight excluding hydrogens is 236 g/mol. The number of nitrogens with zero attached hydrogens (tertiary/aromatic N) is 3. The second-order valence-electron chi connectivity index (χ2n) is 5.67. The highest BCUT2D eigenvalue weighted by Crippen LogP contribution is 2.26. The van der Waals surface area contributed by atoms with Gasteiger partial charge >= 0.3 is 0 Å². The fourth-order valence-electron chi connectivity index (χ4n) is 3.48. The molecule has 0 bridgehead atoms. The third-order valence-electron chi connectivity index (χ3n) is 4.39. The van der Waals surface area contributed by atoms with Crippen LogP contribution in [-0.4, -0.2) is 49.2 Å². The monoisotopic (exact) mass is 260 g/mol. The van der Waals surface area contributed by atoms with Crippen LogP contribution in [0.3, 0.4) is 0 Å². The van der Waals surface area contributed by atoms with Gasteiger partial charge in [-0.05, 0) is 38.9 Å². The molecule has 0 aromatic carbocycles. The van der Waals surface area contributed by atoms with Crippen LogP contribution in [0.25, 0.3) is 0 Å². The molecule has 0 aliphatic carbocycles. The van der Waals surface area contributed by atoms with E-state index in [9.17, 15) is 0 Å². The number of rotatable bonds is 3. The number of aromatic nitrogens is 1. The lowest BCUT2D eigenvalue weighted by Gasteiger charge is -2.28. The van der Waals surface area contributed by atoms with E-state index in [4.69, 9.17) is 0 Å². The van der Waals surface area contributed by atoms with E-state index in [1.807, 2.05) is 19.4 Å². The van der Waals surface area contributed by atoms with Crippen LogP contribution in [0.1, 0.15) is 24.8 Å². The third kappa shape index (κ3) is 2.74. The minimum Gasteiger partial charge on any atom is -0.370 e. The Kier molecular flexibility index (Phi) is 3.99. The quantitative estimate of drug-likeness (QED) is 0.892. The number of pyridine rings is 1. The van der Waals surface area contributed by atoms with Crippen molar-refractivity contribution in [2.24, 2.45) is 0 Å². The zero-order valence-corrected chi connectivity index (χ0v) is 11.8. The van der Waals surface area contributed by atoms with E-state index in [1.54, 1.807) is 0 Å². The average molecular weight is 260 g/mol. The van der Waals surface area contributed by atoms with Crippen LogP contribution in [0.5, 0.6) is 0 Å². The van der Waals surface area contributed by atoms with Crippen molar-refractivity contribution >= 4 is 5.69 Å². The zero-order valence-electron chi connectivity index (χ0n) is 11.8. The van der Waals surface area contributed by atoms with Gasteiger partial charge < -0.3 is 10.2 Å². The number of hydrogen-bond donors (Lipinski definition) is 1. The van der Waals surface area contributed by atoms with Gasteiger partial charge in [-0.3, -0.25) is 9.88 Å². The number of nitrogens with one attached hydrogen (secondary N) is 1. The molecule has 1 atom stereocenters. The largest absolute Gasteiger partial charge is 0.370 e. The van der Waals surface area contributed by atoms with E-state index in [0.717, 1.165) is 12.6 Å². The van der Waals surface area contributed by atoms with E-state index < -0.39 is 0 Å². The summed E-state index contributed by atoms with van der Waals surface area (Å²) >= 11 is 0. The fourth-order valence-corrected chi connectivity index (χ4v) is 3.48. The van der Waals surface area contributed by atoms with Crippen molar-refractivity contribution < 1.29 is 0 Å². The predicted molar refractivity (Wildman–Crippen MR) is 78.4 cm³/mol. The number of fused-ring (bicyclic) bond motifs is 1. The van der Waals surface area contributed by atoms with Gasteiger partial charge in [-0.1, -0.05) is 0 Å². The SMILES string of the molecule is CNCc1cnccc1N1CCCN2CCCC2C1. The highest BCUT2D eigenvalue weighted by atomic mass is 15.3. The van der Waals surface area contributed by atoms with Gasteiger partial charge in [0.25, 0.3) is 0 Å². The van der Waals surface area contributed by atoms with Gasteiger partial charge in [0.2, 0.25) is 0 Å². The number of anilines is 1. The molecule has 0 saturated carbocycles. The summed E-state index contributed by atoms with van der Waals surface area (Å²) < 4.78 is 0. The summed E-state index contributed by atoms with van der Waals surface area (Å²) in [5.41, 5.74) is 2.69. The molecule has 4 nitrogen and oxygen atoms in total. The molecule has 0 amide bonds. The highest BCUT2D eigenvalue weighted by molar-refractivity contribution is 5.52. The molecule has 3 rings (SSSR count). The van der Waals surface area contributed by atoms with Gasteiger partial charge in [0.15, 0.2) is 0 Å². The first-order chi connectivity index (χ1) is 9.38. The van der Waals surface area contributed by atoms with Crippen LogP contribution >= 0.6 is 0 Å². The Labute approximate surface area is 115 Å². The van der Waals surface area contributed by atoms with Crippen LogP contribution in [0.15, 0.2) is 18.5 Å². The maximum absolute atomic E-state index is 4.27. The molecule has 2 saturated heterocycles. The first kappa shape index (κ1) is 12.9. The van der Waals surface area contributed by atoms with Gasteiger partial charge in [-0.2, -0.15) is 0 Å². The average Bonchev–Trinajstić information content (AvgIpc) is 2.77. The Hall–Kier alpha value is -1.13. The molecule has 1 N–H and O–H groups in total. The maximum Gasteiger partial charge on any atom is 0.0443 e. The first-order valence-electron chi connectivity index (χ1n) is 7.45. The summed E-state index contributed by atoms with van der Waals surface area (Å²) in [6.45, 7) is 5.83. The summed E-state index contributed by atoms with van der Waals surface area (Å²) in [4.78, 5) is 9.52. The summed E-state index contributed by atoms with van der Waals surface area (Å²) in [6.07, 6.45) is 7.94. The van der Waals surface area contributed by atoms with Gasteiger partial charge in [0.1, 0.15) is 0 Å². The first-order valence-corrected chi connectivity index (χ1v) is 7.45. The standard InChI is InChI=1S/C15H24N4/c1-16-10-13-11-17-6-5-15(13)19-9-3-8-18-7-2-4-14(18)12-19/h5-6,11,14,16H,2-4,7-10,12H2,1H3. The molecule has 1 unspecified atom stereocenters. The molecule has 0 spiro atoms. The molecule has 0 radical (unpaired) electrons. The highest BCUT2D eigenvalue weighted by Gasteiger charge is 2.29. The Morgan fingerprint density at radius 3 is 3.11 bits per heavy atom. The van der Waals surface area contributed by atoms with Crippen LogP contribution in [-0.2, 0) is 6.54 Å². The smallest absolute Gasteiger partial charge is 0.0443 e. The van der Waals surface area contributed by atoms with Crippen LogP contribution < -0.4 is 10.2 Å². The summed E-state index contributed by atoms with van der Waals surface area (Å²) in [6, 6.07) is 2.94. The Morgan fingerprint density at radius 2 is 2.21 bits per heavy atom. The summed E-state index contributed by atoms with van der Waals surface area (Å²) in [7, 11) is 2.00. The van der Waals surface area contributed by atoms with Gasteiger partial charge in [-0.15, -0.1) is 0 Å². The lowest BCUT2D eigenvalue weighted by molar-refractivity contribution is 0.273. The minimum absolute atomic E-state index is 0.762. The Bertz CT molecular complexity index is 420. The van der Waals surface area contributed by atoms with Crippen molar-refractivity contribution in [1.82, 2.24) is 15.2 Å². The van der Waals surface area contributed by atoms with Crippen molar-refractivity contribution in [3.63, 3.8) is 0 Å². The van der Waals surface area contributed by atoms with E-state index in [2.05, 4.69) is 26.2 Å². The van der Waals surface area contributed by atoms with E-state index >= 15 is 0 Å². The lowest BCUT2D eigenvalue weighted by Crippen LogP contribution is -2.37. The maximum atomic E-state index is 4.27. The van der Waals surface area contributed by atoms with Crippen molar-refractivity contribution in [3.8, 4) is 0 Å². The molecule has 2 fully saturated rings. The van der Waals surface area contributed by atoms with E-state index in [1.165, 1.54) is 56.7 Å². The normalized spacial score (nSPS) is 24.3. The van der Waals surface area contributed by atoms with Crippen LogP contribution in [0.4, 0.5) is 5.69 Å². The minimum atomic E-state index is 0.762. The van der Waals surface area contributed by atoms with Gasteiger partial charge in [0.05, 0.1) is 0 Å². The molecule has 4 heteroatoms.